The molecule has 0 saturated heterocycles. The van der Waals surface area contributed by atoms with Crippen molar-refractivity contribution in [2.75, 3.05) is 0 Å². The van der Waals surface area contributed by atoms with Crippen molar-refractivity contribution in [1.29, 1.82) is 0 Å². The number of ether oxygens (including phenoxy) is 1. The fourth-order valence-corrected chi connectivity index (χ4v) is 4.17. The van der Waals surface area contributed by atoms with E-state index in [2.05, 4.69) is 15.9 Å². The summed E-state index contributed by atoms with van der Waals surface area (Å²) in [6.45, 7) is 0. The van der Waals surface area contributed by atoms with Crippen molar-refractivity contribution in [3.63, 3.8) is 0 Å². The molecule has 0 amide bonds. The number of carbonyl (C=O) groups is 1. The molecule has 0 radical (unpaired) electrons. The van der Waals surface area contributed by atoms with E-state index in [0.29, 0.717) is 17.0 Å². The second-order valence-electron chi connectivity index (χ2n) is 7.03. The Kier molecular flexibility index (Phi) is 4.64. The van der Waals surface area contributed by atoms with Crippen LogP contribution in [0.2, 0.25) is 5.02 Å². The molecule has 144 valence electrons. The van der Waals surface area contributed by atoms with Crippen LogP contribution in [0.5, 0.6) is 5.75 Å². The molecule has 5 rings (SSSR count). The average molecular weight is 468 g/mol. The summed E-state index contributed by atoms with van der Waals surface area (Å²) in [7, 11) is 0. The van der Waals surface area contributed by atoms with Crippen molar-refractivity contribution in [3.8, 4) is 5.75 Å². The van der Waals surface area contributed by atoms with E-state index < -0.39 is 6.23 Å². The van der Waals surface area contributed by atoms with E-state index >= 15 is 0 Å². The highest BCUT2D eigenvalue weighted by atomic mass is 79.9. The molecule has 3 aromatic carbocycles. The summed E-state index contributed by atoms with van der Waals surface area (Å²) in [5.41, 5.74) is 3.54. The molecule has 0 saturated carbocycles. The number of fused-ring (bicyclic) bond motifs is 3. The normalized spacial score (nSPS) is 19.8. The number of carbonyl (C=O) groups excluding carboxylic acids is 1. The number of nitrogens with zero attached hydrogens (tertiary/aromatic N) is 2. The first kappa shape index (κ1) is 18.4. The van der Waals surface area contributed by atoms with E-state index in [1.807, 2.05) is 60.7 Å². The van der Waals surface area contributed by atoms with Gasteiger partial charge in [-0.1, -0.05) is 70.0 Å². The van der Waals surface area contributed by atoms with Gasteiger partial charge in [-0.05, 0) is 35.9 Å². The summed E-state index contributed by atoms with van der Waals surface area (Å²) in [4.78, 5) is 13.3. The lowest BCUT2D eigenvalue weighted by Crippen LogP contribution is -2.45. The summed E-state index contributed by atoms with van der Waals surface area (Å²) in [6.07, 6.45) is -0.104. The van der Waals surface area contributed by atoms with Crippen LogP contribution in [0.4, 0.5) is 0 Å². The molecule has 0 bridgehead atoms. The lowest BCUT2D eigenvalue weighted by atomic mass is 9.96. The van der Waals surface area contributed by atoms with Crippen LogP contribution in [0.3, 0.4) is 0 Å². The second kappa shape index (κ2) is 7.32. The Hall–Kier alpha value is -2.63. The van der Waals surface area contributed by atoms with Crippen molar-refractivity contribution >= 4 is 39.0 Å². The van der Waals surface area contributed by atoms with Gasteiger partial charge in [-0.25, -0.2) is 5.01 Å². The Morgan fingerprint density at radius 3 is 2.52 bits per heavy atom. The number of halogens is 2. The zero-order valence-corrected chi connectivity index (χ0v) is 17.6. The highest BCUT2D eigenvalue weighted by Crippen LogP contribution is 2.43. The number of ketones is 1. The highest BCUT2D eigenvalue weighted by Gasteiger charge is 2.43. The van der Waals surface area contributed by atoms with Crippen LogP contribution >= 0.6 is 27.5 Å². The number of Topliss-reactive ketones (excluding diaryl/α,β-unsaturated/α-hetero) is 1. The number of benzene rings is 3. The Morgan fingerprint density at radius 1 is 1.03 bits per heavy atom. The Labute approximate surface area is 181 Å². The number of hydrogen-bond acceptors (Lipinski definition) is 4. The van der Waals surface area contributed by atoms with E-state index in [4.69, 9.17) is 21.4 Å². The molecule has 0 spiro atoms. The molecule has 2 aliphatic rings. The lowest BCUT2D eigenvalue weighted by Gasteiger charge is -2.37. The molecule has 3 aromatic rings. The fraction of sp³-hybridized carbons (Fsp3) is 0.130. The smallest absolute Gasteiger partial charge is 0.251 e. The summed E-state index contributed by atoms with van der Waals surface area (Å²) >= 11 is 9.44. The summed E-state index contributed by atoms with van der Waals surface area (Å²) in [5, 5.41) is 7.29. The Bertz CT molecular complexity index is 1110. The predicted octanol–water partition coefficient (Wildman–Crippen LogP) is 5.86. The molecule has 0 N–H and O–H groups in total. The van der Waals surface area contributed by atoms with E-state index in [1.165, 1.54) is 0 Å². The van der Waals surface area contributed by atoms with Crippen LogP contribution in [-0.4, -0.2) is 22.7 Å². The third kappa shape index (κ3) is 3.34. The van der Waals surface area contributed by atoms with Gasteiger partial charge in [0.25, 0.3) is 6.23 Å². The van der Waals surface area contributed by atoms with E-state index in [0.717, 1.165) is 27.1 Å². The first-order valence-corrected chi connectivity index (χ1v) is 10.4. The number of hydrazone groups is 1. The molecule has 29 heavy (non-hydrogen) atoms. The van der Waals surface area contributed by atoms with Crippen LogP contribution in [-0.2, 0) is 0 Å². The van der Waals surface area contributed by atoms with Crippen LogP contribution in [0.15, 0.2) is 82.4 Å². The number of para-hydroxylation sites is 1. The van der Waals surface area contributed by atoms with Gasteiger partial charge < -0.3 is 4.74 Å². The highest BCUT2D eigenvalue weighted by molar-refractivity contribution is 9.10. The van der Waals surface area contributed by atoms with Gasteiger partial charge in [0.1, 0.15) is 5.75 Å². The molecule has 0 aromatic heterocycles. The third-order valence-electron chi connectivity index (χ3n) is 5.23. The summed E-state index contributed by atoms with van der Waals surface area (Å²) in [6, 6.07) is 22.7. The van der Waals surface area contributed by atoms with E-state index in [-0.39, 0.29) is 11.8 Å². The van der Waals surface area contributed by atoms with Gasteiger partial charge in [-0.15, -0.1) is 0 Å². The van der Waals surface area contributed by atoms with Crippen LogP contribution < -0.4 is 4.74 Å². The SMILES string of the molecule is O=C(c1ccc(Br)cc1)C1Oc2ccccc2C2CC(c3ccc(Cl)cc3)=NN12. The zero-order chi connectivity index (χ0) is 20.0. The molecule has 4 nitrogen and oxygen atoms in total. The predicted molar refractivity (Wildman–Crippen MR) is 117 cm³/mol. The molecular formula is C23H16BrClN2O2. The van der Waals surface area contributed by atoms with Gasteiger partial charge in [-0.2, -0.15) is 5.10 Å². The minimum atomic E-state index is -0.805. The van der Waals surface area contributed by atoms with Crippen molar-refractivity contribution in [1.82, 2.24) is 5.01 Å². The molecule has 6 heteroatoms. The lowest BCUT2D eigenvalue weighted by molar-refractivity contribution is -0.00455. The van der Waals surface area contributed by atoms with Crippen molar-refractivity contribution < 1.29 is 9.53 Å². The molecule has 0 aliphatic carbocycles. The minimum Gasteiger partial charge on any atom is -0.461 e. The third-order valence-corrected chi connectivity index (χ3v) is 6.01. The van der Waals surface area contributed by atoms with Crippen LogP contribution in [0.1, 0.15) is 33.9 Å². The summed E-state index contributed by atoms with van der Waals surface area (Å²) in [5.74, 6) is 0.620. The Morgan fingerprint density at radius 2 is 1.76 bits per heavy atom. The number of rotatable bonds is 3. The molecule has 0 fully saturated rings. The molecular weight excluding hydrogens is 452 g/mol. The topological polar surface area (TPSA) is 41.9 Å². The molecule has 2 aliphatic heterocycles. The fourth-order valence-electron chi connectivity index (χ4n) is 3.78. The second-order valence-corrected chi connectivity index (χ2v) is 8.38. The standard InChI is InChI=1S/C23H16BrClN2O2/c24-16-9-5-15(6-10-16)22(28)23-27-20(18-3-1-2-4-21(18)29-23)13-19(26-27)14-7-11-17(25)12-8-14/h1-12,20,23H,13H2. The monoisotopic (exact) mass is 466 g/mol. The maximum atomic E-state index is 13.3. The number of hydrogen-bond donors (Lipinski definition) is 0. The quantitative estimate of drug-likeness (QED) is 0.453. The van der Waals surface area contributed by atoms with Gasteiger partial charge >= 0.3 is 0 Å². The van der Waals surface area contributed by atoms with Crippen LogP contribution in [0, 0.1) is 0 Å². The van der Waals surface area contributed by atoms with Gasteiger partial charge in [0.2, 0.25) is 5.78 Å². The average Bonchev–Trinajstić information content (AvgIpc) is 3.19. The first-order valence-electron chi connectivity index (χ1n) is 9.27. The molecule has 2 unspecified atom stereocenters. The van der Waals surface area contributed by atoms with Crippen molar-refractivity contribution in [2.24, 2.45) is 5.10 Å². The van der Waals surface area contributed by atoms with Crippen molar-refractivity contribution in [2.45, 2.75) is 18.7 Å². The van der Waals surface area contributed by atoms with Gasteiger partial charge in [-0.3, -0.25) is 4.79 Å². The largest absolute Gasteiger partial charge is 0.461 e. The van der Waals surface area contributed by atoms with Gasteiger partial charge in [0.15, 0.2) is 0 Å². The summed E-state index contributed by atoms with van der Waals surface area (Å²) < 4.78 is 7.05. The minimum absolute atomic E-state index is 0.0463. The van der Waals surface area contributed by atoms with Crippen molar-refractivity contribution in [3.05, 3.63) is 99.0 Å². The van der Waals surface area contributed by atoms with Gasteiger partial charge in [0, 0.05) is 27.0 Å². The maximum absolute atomic E-state index is 13.3. The van der Waals surface area contributed by atoms with E-state index in [1.54, 1.807) is 17.1 Å². The van der Waals surface area contributed by atoms with E-state index in [9.17, 15) is 4.79 Å². The van der Waals surface area contributed by atoms with Crippen LogP contribution in [0.25, 0.3) is 0 Å². The van der Waals surface area contributed by atoms with Gasteiger partial charge in [0.05, 0.1) is 11.8 Å². The molecule has 2 atom stereocenters. The zero-order valence-electron chi connectivity index (χ0n) is 15.3. The maximum Gasteiger partial charge on any atom is 0.251 e. The first-order chi connectivity index (χ1) is 14.1. The molecule has 2 heterocycles. The Balaban J connectivity index is 1.55.